The number of nitrogens with zero attached hydrogens (tertiary/aromatic N) is 3. The smallest absolute Gasteiger partial charge is 0.155 e. The molecule has 0 bridgehead atoms. The van der Waals surface area contributed by atoms with Gasteiger partial charge in [-0.2, -0.15) is 4.53 Å². The molecule has 9 heteroatoms. The molecule has 0 aromatic carbocycles. The lowest BCUT2D eigenvalue weighted by molar-refractivity contribution is -0.00246. The van der Waals surface area contributed by atoms with Crippen LogP contribution in [0.15, 0.2) is 11.5 Å². The Morgan fingerprint density at radius 2 is 1.67 bits per heavy atom. The van der Waals surface area contributed by atoms with Gasteiger partial charge in [0.25, 0.3) is 0 Å². The van der Waals surface area contributed by atoms with E-state index >= 15 is 0 Å². The van der Waals surface area contributed by atoms with Crippen molar-refractivity contribution in [3.63, 3.8) is 0 Å². The Morgan fingerprint density at radius 3 is 2.17 bits per heavy atom. The van der Waals surface area contributed by atoms with Crippen molar-refractivity contribution in [2.45, 2.75) is 6.17 Å². The SMILES string of the molecule is NC1=C(N)N(Cl)N(Cl)N(Cl)C1N. The molecule has 1 aliphatic heterocycles. The average molecular weight is 233 g/mol. The average Bonchev–Trinajstić information content (AvgIpc) is 2.08. The first kappa shape index (κ1) is 9.97. The van der Waals surface area contributed by atoms with Gasteiger partial charge < -0.3 is 17.2 Å². The lowest BCUT2D eigenvalue weighted by atomic mass is 10.3. The summed E-state index contributed by atoms with van der Waals surface area (Å²) in [6.07, 6.45) is -0.792. The molecule has 0 saturated carbocycles. The highest BCUT2D eigenvalue weighted by Gasteiger charge is 2.33. The lowest BCUT2D eigenvalue weighted by Crippen LogP contribution is -2.56. The predicted octanol–water partition coefficient (Wildman–Crippen LogP) is -0.431. The van der Waals surface area contributed by atoms with Crippen molar-refractivity contribution < 1.29 is 0 Å². The van der Waals surface area contributed by atoms with Crippen molar-refractivity contribution in [1.82, 2.24) is 13.7 Å². The van der Waals surface area contributed by atoms with Crippen molar-refractivity contribution in [2.75, 3.05) is 0 Å². The first-order chi connectivity index (χ1) is 5.46. The van der Waals surface area contributed by atoms with E-state index in [4.69, 9.17) is 52.5 Å². The van der Waals surface area contributed by atoms with E-state index in [1.54, 1.807) is 0 Å². The van der Waals surface area contributed by atoms with E-state index in [9.17, 15) is 0 Å². The molecule has 1 aliphatic rings. The number of nitrogens with two attached hydrogens (primary N) is 3. The van der Waals surface area contributed by atoms with Gasteiger partial charge in [-0.05, 0) is 16.4 Å². The molecule has 0 amide bonds. The molecule has 1 atom stereocenters. The summed E-state index contributed by atoms with van der Waals surface area (Å²) in [5.74, 6) is 0.0519. The standard InChI is InChI=1S/C3H7Cl3N6/c4-10-2(8)1(7)3(9)11(5)12(10)6/h2H,7-9H2. The largest absolute Gasteiger partial charge is 0.397 e. The monoisotopic (exact) mass is 232 g/mol. The van der Waals surface area contributed by atoms with Crippen LogP contribution in [-0.4, -0.2) is 19.9 Å². The number of halogens is 3. The summed E-state index contributed by atoms with van der Waals surface area (Å²) in [5.41, 5.74) is 16.5. The second-order valence-electron chi connectivity index (χ2n) is 2.07. The summed E-state index contributed by atoms with van der Waals surface area (Å²) < 4.78 is 2.55. The van der Waals surface area contributed by atoms with Crippen molar-refractivity contribution in [1.29, 1.82) is 0 Å². The Kier molecular flexibility index (Phi) is 2.77. The van der Waals surface area contributed by atoms with Crippen LogP contribution in [0.25, 0.3) is 0 Å². The molecule has 12 heavy (non-hydrogen) atoms. The van der Waals surface area contributed by atoms with Crippen LogP contribution in [0.3, 0.4) is 0 Å². The first-order valence-corrected chi connectivity index (χ1v) is 3.85. The zero-order valence-corrected chi connectivity index (χ0v) is 8.05. The summed E-state index contributed by atoms with van der Waals surface area (Å²) in [4.78, 5) is 0. The van der Waals surface area contributed by atoms with Gasteiger partial charge in [0.05, 0.1) is 5.70 Å². The number of hydrogen-bond donors (Lipinski definition) is 3. The first-order valence-electron chi connectivity index (χ1n) is 2.84. The van der Waals surface area contributed by atoms with Gasteiger partial charge in [-0.15, -0.1) is 0 Å². The molecule has 1 rings (SSSR count). The van der Waals surface area contributed by atoms with Gasteiger partial charge in [0.15, 0.2) is 5.82 Å². The Labute approximate surface area is 84.3 Å². The fraction of sp³-hybridized carbons (Fsp3) is 0.333. The van der Waals surface area contributed by atoms with Crippen LogP contribution in [-0.2, 0) is 0 Å². The molecule has 6 N–H and O–H groups in total. The van der Waals surface area contributed by atoms with Crippen LogP contribution in [0.4, 0.5) is 0 Å². The van der Waals surface area contributed by atoms with Crippen molar-refractivity contribution in [2.24, 2.45) is 17.2 Å². The quantitative estimate of drug-likeness (QED) is 0.492. The van der Waals surface area contributed by atoms with Gasteiger partial charge in [0, 0.05) is 23.6 Å². The van der Waals surface area contributed by atoms with Gasteiger partial charge in [0.1, 0.15) is 6.17 Å². The highest BCUT2D eigenvalue weighted by Crippen LogP contribution is 2.25. The second kappa shape index (κ2) is 3.33. The van der Waals surface area contributed by atoms with Gasteiger partial charge >= 0.3 is 0 Å². The van der Waals surface area contributed by atoms with Gasteiger partial charge in [-0.1, -0.05) is 4.53 Å². The number of hydrogen-bond acceptors (Lipinski definition) is 6. The van der Waals surface area contributed by atoms with E-state index in [2.05, 4.69) is 0 Å². The highest BCUT2D eigenvalue weighted by molar-refractivity contribution is 6.22. The number of hydrazine groups is 2. The van der Waals surface area contributed by atoms with Gasteiger partial charge in [-0.25, -0.2) is 0 Å². The topological polar surface area (TPSA) is 87.8 Å². The van der Waals surface area contributed by atoms with E-state index in [1.165, 1.54) is 0 Å². The molecule has 0 aliphatic carbocycles. The molecule has 6 nitrogen and oxygen atoms in total. The van der Waals surface area contributed by atoms with E-state index in [0.29, 0.717) is 0 Å². The van der Waals surface area contributed by atoms with E-state index < -0.39 is 6.17 Å². The third kappa shape index (κ3) is 1.37. The Hall–Kier alpha value is -0.110. The van der Waals surface area contributed by atoms with Crippen LogP contribution in [0.2, 0.25) is 0 Å². The van der Waals surface area contributed by atoms with Gasteiger partial charge in [0.2, 0.25) is 0 Å². The van der Waals surface area contributed by atoms with Crippen LogP contribution < -0.4 is 17.2 Å². The maximum Gasteiger partial charge on any atom is 0.155 e. The summed E-state index contributed by atoms with van der Waals surface area (Å²) in [7, 11) is 0. The van der Waals surface area contributed by atoms with Crippen LogP contribution >= 0.6 is 35.3 Å². The summed E-state index contributed by atoms with van der Waals surface area (Å²) in [6, 6.07) is 0. The van der Waals surface area contributed by atoms with Crippen LogP contribution in [0, 0.1) is 0 Å². The lowest BCUT2D eigenvalue weighted by Gasteiger charge is -2.37. The molecule has 0 fully saturated rings. The van der Waals surface area contributed by atoms with Crippen molar-refractivity contribution in [3.8, 4) is 0 Å². The molecule has 0 radical (unpaired) electrons. The molecular formula is C3H7Cl3N6. The van der Waals surface area contributed by atoms with Crippen molar-refractivity contribution in [3.05, 3.63) is 11.5 Å². The fourth-order valence-corrected chi connectivity index (χ4v) is 1.19. The Balaban J connectivity index is 3.00. The maximum atomic E-state index is 5.58. The second-order valence-corrected chi connectivity index (χ2v) is 3.04. The van der Waals surface area contributed by atoms with Crippen LogP contribution in [0.5, 0.6) is 0 Å². The molecule has 70 valence electrons. The summed E-state index contributed by atoms with van der Waals surface area (Å²) in [6.45, 7) is 0. The summed E-state index contributed by atoms with van der Waals surface area (Å²) in [5, 5.41) is 0. The molecular weight excluding hydrogens is 226 g/mol. The Bertz CT molecular complexity index is 196. The van der Waals surface area contributed by atoms with E-state index in [1.807, 2.05) is 0 Å². The predicted molar refractivity (Wildman–Crippen MR) is 46.5 cm³/mol. The summed E-state index contributed by atoms with van der Waals surface area (Å²) >= 11 is 16.7. The highest BCUT2D eigenvalue weighted by atomic mass is 35.5. The zero-order chi connectivity index (χ0) is 9.46. The minimum absolute atomic E-state index is 0.0519. The van der Waals surface area contributed by atoms with Gasteiger partial charge in [-0.3, -0.25) is 0 Å². The number of rotatable bonds is 0. The molecule has 0 spiro atoms. The third-order valence-electron chi connectivity index (χ3n) is 1.35. The van der Waals surface area contributed by atoms with E-state index in [-0.39, 0.29) is 11.5 Å². The minimum atomic E-state index is -0.792. The minimum Gasteiger partial charge on any atom is -0.397 e. The zero-order valence-electron chi connectivity index (χ0n) is 5.78. The normalized spacial score (nSPS) is 28.3. The molecule has 0 aromatic heterocycles. The fourth-order valence-electron chi connectivity index (χ4n) is 0.639. The van der Waals surface area contributed by atoms with Crippen LogP contribution in [0.1, 0.15) is 0 Å². The maximum absolute atomic E-state index is 5.58. The van der Waals surface area contributed by atoms with E-state index in [0.717, 1.165) is 13.7 Å². The van der Waals surface area contributed by atoms with Crippen molar-refractivity contribution >= 4 is 35.3 Å². The molecule has 1 heterocycles. The molecule has 1 unspecified atom stereocenters. The molecule has 0 aromatic rings. The Morgan fingerprint density at radius 1 is 1.17 bits per heavy atom. The molecule has 0 saturated heterocycles. The third-order valence-corrected chi connectivity index (χ3v) is 2.49.